The molecule has 1 aromatic rings. The number of rotatable bonds is 3. The zero-order valence-corrected chi connectivity index (χ0v) is 9.95. The average molecular weight is 258 g/mol. The lowest BCUT2D eigenvalue weighted by molar-refractivity contribution is -0.137. The Bertz CT molecular complexity index is 456. The van der Waals surface area contributed by atoms with E-state index in [4.69, 9.17) is 5.11 Å². The fourth-order valence-electron chi connectivity index (χ4n) is 1.42. The molecule has 5 heteroatoms. The Morgan fingerprint density at radius 2 is 1.72 bits per heavy atom. The third-order valence-electron chi connectivity index (χ3n) is 2.43. The molecular weight excluding hydrogens is 245 g/mol. The molecule has 18 heavy (non-hydrogen) atoms. The monoisotopic (exact) mass is 258 g/mol. The highest BCUT2D eigenvalue weighted by Gasteiger charge is 2.29. The summed E-state index contributed by atoms with van der Waals surface area (Å²) in [6.07, 6.45) is -3.00. The first-order valence-corrected chi connectivity index (χ1v) is 5.34. The van der Waals surface area contributed by atoms with E-state index in [-0.39, 0.29) is 11.5 Å². The van der Waals surface area contributed by atoms with E-state index in [1.165, 1.54) is 18.2 Å². The van der Waals surface area contributed by atoms with E-state index in [1.807, 2.05) is 0 Å². The molecule has 0 fully saturated rings. The summed E-state index contributed by atoms with van der Waals surface area (Å²) >= 11 is 0. The van der Waals surface area contributed by atoms with Crippen molar-refractivity contribution in [3.05, 3.63) is 41.0 Å². The topological polar surface area (TPSA) is 37.3 Å². The average Bonchev–Trinajstić information content (AvgIpc) is 2.24. The molecule has 0 amide bonds. The third-order valence-corrected chi connectivity index (χ3v) is 2.43. The summed E-state index contributed by atoms with van der Waals surface area (Å²) in [5.74, 6) is -1.27. The minimum Gasteiger partial charge on any atom is -0.478 e. The van der Waals surface area contributed by atoms with Crippen LogP contribution in [0.15, 0.2) is 29.8 Å². The van der Waals surface area contributed by atoms with Gasteiger partial charge in [0, 0.05) is 5.57 Å². The Morgan fingerprint density at radius 3 is 2.06 bits per heavy atom. The molecule has 1 rings (SSSR count). The molecule has 0 aliphatic rings. The lowest BCUT2D eigenvalue weighted by Gasteiger charge is -2.08. The highest BCUT2D eigenvalue weighted by Crippen LogP contribution is 2.29. The van der Waals surface area contributed by atoms with Crippen LogP contribution in [0.25, 0.3) is 6.08 Å². The maximum Gasteiger partial charge on any atom is 0.416 e. The molecular formula is C13H13F3O2. The SMILES string of the molecule is CC(C)/C(=C\c1ccc(C(F)(F)F)cc1)C(=O)O. The second-order valence-corrected chi connectivity index (χ2v) is 4.18. The van der Waals surface area contributed by atoms with E-state index in [2.05, 4.69) is 0 Å². The van der Waals surface area contributed by atoms with Gasteiger partial charge >= 0.3 is 12.1 Å². The first-order valence-electron chi connectivity index (χ1n) is 5.34. The third kappa shape index (κ3) is 3.61. The zero-order chi connectivity index (χ0) is 13.9. The molecule has 0 saturated heterocycles. The number of carbonyl (C=O) groups is 1. The van der Waals surface area contributed by atoms with Crippen molar-refractivity contribution in [3.63, 3.8) is 0 Å². The smallest absolute Gasteiger partial charge is 0.416 e. The molecule has 0 bridgehead atoms. The van der Waals surface area contributed by atoms with Gasteiger partial charge in [-0.2, -0.15) is 13.2 Å². The van der Waals surface area contributed by atoms with E-state index in [1.54, 1.807) is 13.8 Å². The van der Waals surface area contributed by atoms with Gasteiger partial charge < -0.3 is 5.11 Å². The first-order chi connectivity index (χ1) is 8.21. The van der Waals surface area contributed by atoms with Gasteiger partial charge in [0.1, 0.15) is 0 Å². The molecule has 98 valence electrons. The molecule has 0 atom stereocenters. The van der Waals surface area contributed by atoms with Crippen molar-refractivity contribution < 1.29 is 23.1 Å². The first kappa shape index (κ1) is 14.3. The van der Waals surface area contributed by atoms with Crippen LogP contribution in [0.4, 0.5) is 13.2 Å². The summed E-state index contributed by atoms with van der Waals surface area (Å²) in [6.45, 7) is 3.42. The van der Waals surface area contributed by atoms with Gasteiger partial charge in [-0.1, -0.05) is 26.0 Å². The minimum absolute atomic E-state index is 0.162. The molecule has 0 aliphatic heterocycles. The standard InChI is InChI=1S/C13H13F3O2/c1-8(2)11(12(17)18)7-9-3-5-10(6-4-9)13(14,15)16/h3-8H,1-2H3,(H,17,18)/b11-7+. The van der Waals surface area contributed by atoms with Gasteiger partial charge in [-0.3, -0.25) is 0 Å². The van der Waals surface area contributed by atoms with Crippen LogP contribution >= 0.6 is 0 Å². The van der Waals surface area contributed by atoms with Gasteiger partial charge in [0.15, 0.2) is 0 Å². The van der Waals surface area contributed by atoms with E-state index >= 15 is 0 Å². The summed E-state index contributed by atoms with van der Waals surface area (Å²) in [6, 6.07) is 4.39. The Labute approximate surface area is 103 Å². The van der Waals surface area contributed by atoms with Gasteiger partial charge in [0.2, 0.25) is 0 Å². The van der Waals surface area contributed by atoms with Crippen molar-refractivity contribution in [3.8, 4) is 0 Å². The molecule has 1 aromatic carbocycles. The van der Waals surface area contributed by atoms with Crippen molar-refractivity contribution in [2.45, 2.75) is 20.0 Å². The molecule has 0 heterocycles. The maximum atomic E-state index is 12.3. The number of benzene rings is 1. The molecule has 0 saturated carbocycles. The van der Waals surface area contributed by atoms with Crippen LogP contribution in [0.1, 0.15) is 25.0 Å². The molecule has 0 aliphatic carbocycles. The van der Waals surface area contributed by atoms with Crippen LogP contribution in [-0.4, -0.2) is 11.1 Å². The minimum atomic E-state index is -4.38. The molecule has 0 aromatic heterocycles. The second kappa shape index (κ2) is 5.25. The van der Waals surface area contributed by atoms with Crippen molar-refractivity contribution in [1.29, 1.82) is 0 Å². The zero-order valence-electron chi connectivity index (χ0n) is 9.95. The number of aliphatic carboxylic acids is 1. The van der Waals surface area contributed by atoms with Crippen LogP contribution in [0.2, 0.25) is 0 Å². The van der Waals surface area contributed by atoms with Crippen molar-refractivity contribution in [2.75, 3.05) is 0 Å². The number of carboxylic acids is 1. The number of halogens is 3. The van der Waals surface area contributed by atoms with Crippen LogP contribution in [0.5, 0.6) is 0 Å². The van der Waals surface area contributed by atoms with Gasteiger partial charge in [0.05, 0.1) is 5.56 Å². The van der Waals surface area contributed by atoms with Crippen molar-refractivity contribution in [1.82, 2.24) is 0 Å². The molecule has 1 N–H and O–H groups in total. The highest BCUT2D eigenvalue weighted by molar-refractivity contribution is 5.92. The summed E-state index contributed by atoms with van der Waals surface area (Å²) < 4.78 is 37.0. The van der Waals surface area contributed by atoms with Gasteiger partial charge in [-0.15, -0.1) is 0 Å². The summed E-state index contributed by atoms with van der Waals surface area (Å²) in [5.41, 5.74) is -0.148. The summed E-state index contributed by atoms with van der Waals surface area (Å²) in [4.78, 5) is 10.9. The normalized spacial score (nSPS) is 12.9. The van der Waals surface area contributed by atoms with E-state index in [9.17, 15) is 18.0 Å². The number of carboxylic acid groups (broad SMARTS) is 1. The molecule has 2 nitrogen and oxygen atoms in total. The predicted molar refractivity (Wildman–Crippen MR) is 61.9 cm³/mol. The van der Waals surface area contributed by atoms with E-state index < -0.39 is 17.7 Å². The van der Waals surface area contributed by atoms with Crippen molar-refractivity contribution >= 4 is 12.0 Å². The van der Waals surface area contributed by atoms with Crippen molar-refractivity contribution in [2.24, 2.45) is 5.92 Å². The number of alkyl halides is 3. The van der Waals surface area contributed by atoms with Gasteiger partial charge in [0.25, 0.3) is 0 Å². The Hall–Kier alpha value is -1.78. The Kier molecular flexibility index (Phi) is 4.16. The van der Waals surface area contributed by atoms with Crippen LogP contribution in [0, 0.1) is 5.92 Å². The van der Waals surface area contributed by atoms with Gasteiger partial charge in [-0.25, -0.2) is 4.79 Å². The highest BCUT2D eigenvalue weighted by atomic mass is 19.4. The fourth-order valence-corrected chi connectivity index (χ4v) is 1.42. The van der Waals surface area contributed by atoms with Gasteiger partial charge in [-0.05, 0) is 29.7 Å². The lowest BCUT2D eigenvalue weighted by atomic mass is 10.00. The summed E-state index contributed by atoms with van der Waals surface area (Å²) in [7, 11) is 0. The molecule has 0 spiro atoms. The van der Waals surface area contributed by atoms with E-state index in [0.717, 1.165) is 12.1 Å². The van der Waals surface area contributed by atoms with E-state index in [0.29, 0.717) is 5.56 Å². The Balaban J connectivity index is 3.06. The predicted octanol–water partition coefficient (Wildman–Crippen LogP) is 3.83. The van der Waals surface area contributed by atoms with Crippen LogP contribution in [0.3, 0.4) is 0 Å². The quantitative estimate of drug-likeness (QED) is 0.836. The maximum absolute atomic E-state index is 12.3. The second-order valence-electron chi connectivity index (χ2n) is 4.18. The fraction of sp³-hybridized carbons (Fsp3) is 0.308. The van der Waals surface area contributed by atoms with Crippen LogP contribution < -0.4 is 0 Å². The molecule has 0 radical (unpaired) electrons. The molecule has 0 unspecified atom stereocenters. The lowest BCUT2D eigenvalue weighted by Crippen LogP contribution is -2.07. The summed E-state index contributed by atoms with van der Waals surface area (Å²) in [5, 5.41) is 8.94. The Morgan fingerprint density at radius 1 is 1.22 bits per heavy atom. The van der Waals surface area contributed by atoms with Crippen LogP contribution in [-0.2, 0) is 11.0 Å². The number of hydrogen-bond donors (Lipinski definition) is 1. The largest absolute Gasteiger partial charge is 0.478 e. The number of hydrogen-bond acceptors (Lipinski definition) is 1.